The molecule has 0 saturated carbocycles. The molecular formula is C35H57NO4. The first kappa shape index (κ1) is 29.6. The second kappa shape index (κ2) is 15.9. The summed E-state index contributed by atoms with van der Waals surface area (Å²) < 4.78 is 36.8. The summed E-state index contributed by atoms with van der Waals surface area (Å²) in [7, 11) is 1.60. The maximum atomic E-state index is 11.1. The fraction of sp³-hybridized carbons (Fsp3) is 0.657. The van der Waals surface area contributed by atoms with E-state index in [-0.39, 0.29) is 42.1 Å². The van der Waals surface area contributed by atoms with E-state index in [0.717, 1.165) is 42.5 Å². The van der Waals surface area contributed by atoms with Crippen molar-refractivity contribution in [2.75, 3.05) is 20.2 Å². The van der Waals surface area contributed by atoms with E-state index < -0.39 is 5.60 Å². The fourth-order valence-corrected chi connectivity index (χ4v) is 5.66. The van der Waals surface area contributed by atoms with E-state index in [4.69, 9.17) is 13.6 Å². The van der Waals surface area contributed by atoms with Crippen LogP contribution >= 0.6 is 0 Å². The molecule has 0 amide bonds. The summed E-state index contributed by atoms with van der Waals surface area (Å²) >= 11 is 0. The van der Waals surface area contributed by atoms with Gasteiger partial charge in [0.25, 0.3) is 0 Å². The van der Waals surface area contributed by atoms with Crippen LogP contribution in [0, 0.1) is 31.6 Å². The van der Waals surface area contributed by atoms with E-state index in [1.54, 1.807) is 26.2 Å². The molecule has 2 rings (SSSR count). The number of rotatable bonds is 17. The third-order valence-corrected chi connectivity index (χ3v) is 8.00. The SMILES string of the molecule is [2H]c1c([2H])c(CC(C)CC(C)OC(C)CC(C)CC(C)CNCC(C)(O)c2ccc(O)c(C(C)OC)c2)c([2H])c(C)c1C. The number of benzene rings is 2. The van der Waals surface area contributed by atoms with Crippen LogP contribution in [0.1, 0.15) is 106 Å². The Morgan fingerprint density at radius 3 is 2.23 bits per heavy atom. The minimum Gasteiger partial charge on any atom is -0.508 e. The van der Waals surface area contributed by atoms with Gasteiger partial charge < -0.3 is 25.0 Å². The molecule has 0 aliphatic rings. The van der Waals surface area contributed by atoms with Crippen molar-refractivity contribution in [1.29, 1.82) is 0 Å². The van der Waals surface area contributed by atoms with Gasteiger partial charge in [0.15, 0.2) is 0 Å². The summed E-state index contributed by atoms with van der Waals surface area (Å²) in [6, 6.07) is 6.02. The van der Waals surface area contributed by atoms with Crippen LogP contribution < -0.4 is 5.32 Å². The Balaban J connectivity index is 1.79. The molecule has 0 fully saturated rings. The first-order chi connectivity index (χ1) is 20.0. The van der Waals surface area contributed by atoms with Crippen molar-refractivity contribution in [2.45, 2.75) is 112 Å². The molecule has 40 heavy (non-hydrogen) atoms. The Labute approximate surface area is 248 Å². The van der Waals surface area contributed by atoms with Gasteiger partial charge in [0, 0.05) is 19.2 Å². The maximum Gasteiger partial charge on any atom is 0.121 e. The van der Waals surface area contributed by atoms with Gasteiger partial charge in [0.1, 0.15) is 5.75 Å². The van der Waals surface area contributed by atoms with Crippen molar-refractivity contribution in [1.82, 2.24) is 5.32 Å². The zero-order chi connectivity index (χ0) is 32.6. The molecule has 0 bridgehead atoms. The summed E-state index contributed by atoms with van der Waals surface area (Å²) in [6.07, 6.45) is 3.38. The molecule has 2 aromatic carbocycles. The third-order valence-electron chi connectivity index (χ3n) is 8.00. The number of phenols is 1. The number of hydrogen-bond acceptors (Lipinski definition) is 5. The lowest BCUT2D eigenvalue weighted by atomic mass is 9.91. The molecule has 0 aliphatic carbocycles. The van der Waals surface area contributed by atoms with Gasteiger partial charge >= 0.3 is 0 Å². The molecule has 3 N–H and O–H groups in total. The maximum absolute atomic E-state index is 11.1. The van der Waals surface area contributed by atoms with Crippen LogP contribution in [0.25, 0.3) is 0 Å². The molecule has 0 heterocycles. The lowest BCUT2D eigenvalue weighted by molar-refractivity contribution is -0.0146. The minimum absolute atomic E-state index is 0.0659. The lowest BCUT2D eigenvalue weighted by Gasteiger charge is -2.28. The molecule has 7 unspecified atom stereocenters. The average Bonchev–Trinajstić information content (AvgIpc) is 2.92. The summed E-state index contributed by atoms with van der Waals surface area (Å²) in [5.74, 6) is 1.32. The van der Waals surface area contributed by atoms with Crippen LogP contribution in [0.15, 0.2) is 36.3 Å². The Morgan fingerprint density at radius 1 is 0.925 bits per heavy atom. The summed E-state index contributed by atoms with van der Waals surface area (Å²) in [5.41, 5.74) is 2.52. The monoisotopic (exact) mass is 558 g/mol. The Hall–Kier alpha value is -1.92. The fourth-order valence-electron chi connectivity index (χ4n) is 5.66. The van der Waals surface area contributed by atoms with Crippen molar-refractivity contribution < 1.29 is 23.8 Å². The number of phenolic OH excluding ortho intramolecular Hbond substituents is 1. The van der Waals surface area contributed by atoms with Gasteiger partial charge in [0.05, 0.1) is 28.0 Å². The molecule has 5 heteroatoms. The highest BCUT2D eigenvalue weighted by atomic mass is 16.5. The van der Waals surface area contributed by atoms with Crippen LogP contribution in [-0.2, 0) is 21.5 Å². The van der Waals surface area contributed by atoms with Gasteiger partial charge in [-0.2, -0.15) is 0 Å². The highest BCUT2D eigenvalue weighted by molar-refractivity contribution is 5.39. The van der Waals surface area contributed by atoms with Crippen LogP contribution in [0.3, 0.4) is 0 Å². The van der Waals surface area contributed by atoms with Gasteiger partial charge in [0.2, 0.25) is 0 Å². The third kappa shape index (κ3) is 11.2. The van der Waals surface area contributed by atoms with E-state index >= 15 is 0 Å². The molecule has 0 spiro atoms. The van der Waals surface area contributed by atoms with Crippen molar-refractivity contribution >= 4 is 0 Å². The quantitative estimate of drug-likeness (QED) is 0.186. The smallest absolute Gasteiger partial charge is 0.121 e. The molecule has 0 radical (unpaired) electrons. The van der Waals surface area contributed by atoms with Crippen LogP contribution in [0.4, 0.5) is 0 Å². The largest absolute Gasteiger partial charge is 0.508 e. The second-order valence-corrected chi connectivity index (χ2v) is 12.6. The average molecular weight is 559 g/mol. The van der Waals surface area contributed by atoms with E-state index in [9.17, 15) is 10.2 Å². The second-order valence-electron chi connectivity index (χ2n) is 12.6. The van der Waals surface area contributed by atoms with E-state index in [0.29, 0.717) is 42.0 Å². The highest BCUT2D eigenvalue weighted by Gasteiger charge is 2.25. The topological polar surface area (TPSA) is 71.0 Å². The summed E-state index contributed by atoms with van der Waals surface area (Å²) in [4.78, 5) is 0. The number of aliphatic hydroxyl groups is 1. The molecule has 0 saturated heterocycles. The Kier molecular flexibility index (Phi) is 11.8. The number of hydrogen-bond donors (Lipinski definition) is 3. The van der Waals surface area contributed by atoms with Gasteiger partial charge in [-0.05, 0) is 126 Å². The van der Waals surface area contributed by atoms with E-state index in [1.165, 1.54) is 0 Å². The molecule has 226 valence electrons. The number of ether oxygens (including phenoxy) is 2. The zero-order valence-electron chi connectivity index (χ0n) is 29.6. The van der Waals surface area contributed by atoms with Crippen LogP contribution in [0.5, 0.6) is 5.75 Å². The Bertz CT molecular complexity index is 1160. The standard InChI is InChI=1S/C35H57NO4/c1-23(16-28(6)40-29(7)17-24(2)18-31-12-11-26(4)27(5)19-31)15-25(3)21-36-22-35(9,38)32-13-14-34(37)33(20-32)30(8)39-10/h11-14,19-20,23-25,28-30,36-38H,15-18,21-22H2,1-10H3/i11D,12D,19D. The molecular weight excluding hydrogens is 498 g/mol. The predicted octanol–water partition coefficient (Wildman–Crippen LogP) is 7.63. The van der Waals surface area contributed by atoms with Gasteiger partial charge in [-0.1, -0.05) is 45.0 Å². The van der Waals surface area contributed by atoms with E-state index in [1.807, 2.05) is 26.8 Å². The molecule has 7 atom stereocenters. The highest BCUT2D eigenvalue weighted by Crippen LogP contribution is 2.31. The first-order valence-electron chi connectivity index (χ1n) is 16.5. The number of nitrogens with one attached hydrogen (secondary N) is 1. The lowest BCUT2D eigenvalue weighted by Crippen LogP contribution is -2.37. The normalized spacial score (nSPS) is 19.0. The number of aromatic hydroxyl groups is 1. The van der Waals surface area contributed by atoms with E-state index in [2.05, 4.69) is 39.9 Å². The van der Waals surface area contributed by atoms with Crippen molar-refractivity contribution in [3.05, 3.63) is 64.1 Å². The van der Waals surface area contributed by atoms with Gasteiger partial charge in [-0.3, -0.25) is 0 Å². The van der Waals surface area contributed by atoms with Crippen molar-refractivity contribution in [3.63, 3.8) is 0 Å². The zero-order valence-corrected chi connectivity index (χ0v) is 26.6. The van der Waals surface area contributed by atoms with Crippen LogP contribution in [0.2, 0.25) is 0 Å². The van der Waals surface area contributed by atoms with Gasteiger partial charge in [-0.25, -0.2) is 0 Å². The minimum atomic E-state index is -1.08. The van der Waals surface area contributed by atoms with Crippen LogP contribution in [-0.4, -0.2) is 42.6 Å². The summed E-state index contributed by atoms with van der Waals surface area (Å²) in [5, 5.41) is 24.7. The molecule has 0 aliphatic heterocycles. The van der Waals surface area contributed by atoms with Gasteiger partial charge in [-0.15, -0.1) is 0 Å². The predicted molar refractivity (Wildman–Crippen MR) is 167 cm³/mol. The van der Waals surface area contributed by atoms with Crippen molar-refractivity contribution in [3.8, 4) is 5.75 Å². The molecule has 2 aromatic rings. The molecule has 5 nitrogen and oxygen atoms in total. The number of methoxy groups -OCH3 is 1. The Morgan fingerprint density at radius 2 is 1.57 bits per heavy atom. The van der Waals surface area contributed by atoms with Crippen molar-refractivity contribution in [2.24, 2.45) is 17.8 Å². The first-order valence-corrected chi connectivity index (χ1v) is 15.0. The molecule has 0 aromatic heterocycles. The summed E-state index contributed by atoms with van der Waals surface area (Å²) in [6.45, 7) is 19.4.